The standard InChI is InChI=1S/C10H17N3O2/c1-7(2)12-10-11-6-5-8(13-10)9(14-3)15-4/h5-7,9H,1-4H3,(H,11,12,13). The minimum absolute atomic E-state index is 0.295. The van der Waals surface area contributed by atoms with Crippen molar-refractivity contribution in [2.75, 3.05) is 19.5 Å². The van der Waals surface area contributed by atoms with Gasteiger partial charge in [0.05, 0.1) is 0 Å². The molecule has 84 valence electrons. The van der Waals surface area contributed by atoms with Crippen molar-refractivity contribution >= 4 is 5.95 Å². The number of nitrogens with one attached hydrogen (secondary N) is 1. The predicted molar refractivity (Wildman–Crippen MR) is 57.5 cm³/mol. The molecule has 1 N–H and O–H groups in total. The molecule has 0 aliphatic heterocycles. The van der Waals surface area contributed by atoms with Crippen LogP contribution in [0.1, 0.15) is 25.8 Å². The molecule has 0 radical (unpaired) electrons. The molecule has 0 amide bonds. The zero-order chi connectivity index (χ0) is 11.3. The van der Waals surface area contributed by atoms with Crippen LogP contribution in [0.2, 0.25) is 0 Å². The van der Waals surface area contributed by atoms with Gasteiger partial charge in [-0.1, -0.05) is 0 Å². The summed E-state index contributed by atoms with van der Waals surface area (Å²) in [4.78, 5) is 8.38. The second-order valence-electron chi connectivity index (χ2n) is 3.41. The number of ether oxygens (including phenoxy) is 2. The van der Waals surface area contributed by atoms with Crippen LogP contribution in [0, 0.1) is 0 Å². The first kappa shape index (κ1) is 11.9. The number of methoxy groups -OCH3 is 2. The summed E-state index contributed by atoms with van der Waals surface area (Å²) in [5.41, 5.74) is 0.707. The van der Waals surface area contributed by atoms with Crippen molar-refractivity contribution in [1.82, 2.24) is 9.97 Å². The third-order valence-electron chi connectivity index (χ3n) is 1.76. The van der Waals surface area contributed by atoms with Crippen molar-refractivity contribution in [3.8, 4) is 0 Å². The van der Waals surface area contributed by atoms with E-state index < -0.39 is 6.29 Å². The summed E-state index contributed by atoms with van der Waals surface area (Å²) in [7, 11) is 3.15. The Morgan fingerprint density at radius 2 is 1.93 bits per heavy atom. The van der Waals surface area contributed by atoms with Crippen LogP contribution in [0.3, 0.4) is 0 Å². The zero-order valence-corrected chi connectivity index (χ0v) is 9.52. The number of aromatic nitrogens is 2. The van der Waals surface area contributed by atoms with Gasteiger partial charge in [-0.3, -0.25) is 0 Å². The molecule has 0 aliphatic rings. The van der Waals surface area contributed by atoms with Crippen molar-refractivity contribution in [3.63, 3.8) is 0 Å². The predicted octanol–water partition coefficient (Wildman–Crippen LogP) is 1.59. The molecule has 0 saturated carbocycles. The van der Waals surface area contributed by atoms with Crippen molar-refractivity contribution in [1.29, 1.82) is 0 Å². The molecule has 5 nitrogen and oxygen atoms in total. The van der Waals surface area contributed by atoms with Crippen LogP contribution in [-0.4, -0.2) is 30.2 Å². The quantitative estimate of drug-likeness (QED) is 0.749. The number of hydrogen-bond acceptors (Lipinski definition) is 5. The van der Waals surface area contributed by atoms with Gasteiger partial charge in [-0.25, -0.2) is 9.97 Å². The number of anilines is 1. The molecule has 1 aromatic heterocycles. The number of rotatable bonds is 5. The molecule has 0 spiro atoms. The maximum Gasteiger partial charge on any atom is 0.223 e. The van der Waals surface area contributed by atoms with Crippen LogP contribution in [-0.2, 0) is 9.47 Å². The summed E-state index contributed by atoms with van der Waals surface area (Å²) < 4.78 is 10.2. The Hall–Kier alpha value is -1.20. The normalized spacial score (nSPS) is 11.1. The smallest absolute Gasteiger partial charge is 0.223 e. The van der Waals surface area contributed by atoms with Gasteiger partial charge < -0.3 is 14.8 Å². The van der Waals surface area contributed by atoms with Crippen LogP contribution < -0.4 is 5.32 Å². The van der Waals surface area contributed by atoms with Gasteiger partial charge in [-0.15, -0.1) is 0 Å². The molecule has 1 aromatic rings. The monoisotopic (exact) mass is 211 g/mol. The van der Waals surface area contributed by atoms with Crippen LogP contribution in [0.25, 0.3) is 0 Å². The average molecular weight is 211 g/mol. The Morgan fingerprint density at radius 1 is 1.27 bits per heavy atom. The van der Waals surface area contributed by atoms with Crippen molar-refractivity contribution < 1.29 is 9.47 Å². The summed E-state index contributed by atoms with van der Waals surface area (Å²) in [5.74, 6) is 0.585. The molecule has 0 saturated heterocycles. The van der Waals surface area contributed by atoms with Crippen LogP contribution >= 0.6 is 0 Å². The van der Waals surface area contributed by atoms with Crippen molar-refractivity contribution in [3.05, 3.63) is 18.0 Å². The summed E-state index contributed by atoms with van der Waals surface area (Å²) in [6.07, 6.45) is 1.23. The average Bonchev–Trinajstić information content (AvgIpc) is 2.19. The molecular formula is C10H17N3O2. The molecule has 0 aromatic carbocycles. The summed E-state index contributed by atoms with van der Waals surface area (Å²) >= 11 is 0. The van der Waals surface area contributed by atoms with Gasteiger partial charge in [0, 0.05) is 26.5 Å². The lowest BCUT2D eigenvalue weighted by atomic mass is 10.4. The van der Waals surface area contributed by atoms with E-state index in [1.54, 1.807) is 26.5 Å². The molecule has 1 rings (SSSR count). The van der Waals surface area contributed by atoms with E-state index in [0.29, 0.717) is 17.7 Å². The highest BCUT2D eigenvalue weighted by atomic mass is 16.7. The Balaban J connectivity index is 2.81. The Bertz CT molecular complexity index is 300. The lowest BCUT2D eigenvalue weighted by Crippen LogP contribution is -2.14. The van der Waals surface area contributed by atoms with E-state index in [2.05, 4.69) is 15.3 Å². The topological polar surface area (TPSA) is 56.3 Å². The molecule has 0 bridgehead atoms. The van der Waals surface area contributed by atoms with Gasteiger partial charge in [0.15, 0.2) is 0 Å². The first-order valence-electron chi connectivity index (χ1n) is 4.82. The fraction of sp³-hybridized carbons (Fsp3) is 0.600. The second-order valence-corrected chi connectivity index (χ2v) is 3.41. The van der Waals surface area contributed by atoms with Crippen molar-refractivity contribution in [2.24, 2.45) is 0 Å². The molecule has 0 atom stereocenters. The third kappa shape index (κ3) is 3.45. The Kier molecular flexibility index (Phi) is 4.45. The summed E-state index contributed by atoms with van der Waals surface area (Å²) in [6.45, 7) is 4.06. The van der Waals surface area contributed by atoms with E-state index in [0.717, 1.165) is 0 Å². The van der Waals surface area contributed by atoms with E-state index in [-0.39, 0.29) is 0 Å². The van der Waals surface area contributed by atoms with E-state index in [4.69, 9.17) is 9.47 Å². The van der Waals surface area contributed by atoms with E-state index in [1.807, 2.05) is 13.8 Å². The van der Waals surface area contributed by atoms with Crippen LogP contribution in [0.15, 0.2) is 12.3 Å². The molecular weight excluding hydrogens is 194 g/mol. The number of hydrogen-bond donors (Lipinski definition) is 1. The summed E-state index contributed by atoms with van der Waals surface area (Å²) in [5, 5.41) is 3.11. The maximum atomic E-state index is 5.11. The van der Waals surface area contributed by atoms with Gasteiger partial charge in [0.25, 0.3) is 0 Å². The first-order chi connectivity index (χ1) is 7.17. The molecule has 5 heteroatoms. The van der Waals surface area contributed by atoms with Gasteiger partial charge >= 0.3 is 0 Å². The van der Waals surface area contributed by atoms with Crippen molar-refractivity contribution in [2.45, 2.75) is 26.2 Å². The van der Waals surface area contributed by atoms with E-state index >= 15 is 0 Å². The molecule has 0 aliphatic carbocycles. The highest BCUT2D eigenvalue weighted by Gasteiger charge is 2.11. The van der Waals surface area contributed by atoms with Gasteiger partial charge in [-0.05, 0) is 19.9 Å². The van der Waals surface area contributed by atoms with Gasteiger partial charge in [-0.2, -0.15) is 0 Å². The molecule has 0 fully saturated rings. The second kappa shape index (κ2) is 5.63. The largest absolute Gasteiger partial charge is 0.352 e. The minimum atomic E-state index is -0.444. The SMILES string of the molecule is COC(OC)c1ccnc(NC(C)C)n1. The molecule has 1 heterocycles. The zero-order valence-electron chi connectivity index (χ0n) is 9.52. The van der Waals surface area contributed by atoms with E-state index in [1.165, 1.54) is 0 Å². The van der Waals surface area contributed by atoms with E-state index in [9.17, 15) is 0 Å². The highest BCUT2D eigenvalue weighted by Crippen LogP contribution is 2.15. The first-order valence-corrected chi connectivity index (χ1v) is 4.82. The Morgan fingerprint density at radius 3 is 2.47 bits per heavy atom. The Labute approximate surface area is 89.8 Å². The minimum Gasteiger partial charge on any atom is -0.352 e. The molecule has 0 unspecified atom stereocenters. The van der Waals surface area contributed by atoms with Crippen LogP contribution in [0.5, 0.6) is 0 Å². The summed E-state index contributed by atoms with van der Waals surface area (Å²) in [6, 6.07) is 2.06. The van der Waals surface area contributed by atoms with Gasteiger partial charge in [0.1, 0.15) is 5.69 Å². The van der Waals surface area contributed by atoms with Gasteiger partial charge in [0.2, 0.25) is 12.2 Å². The maximum absolute atomic E-state index is 5.11. The fourth-order valence-electron chi connectivity index (χ4n) is 1.17. The number of nitrogens with zero attached hydrogens (tertiary/aromatic N) is 2. The lowest BCUT2D eigenvalue weighted by molar-refractivity contribution is -0.108. The third-order valence-corrected chi connectivity index (χ3v) is 1.76. The lowest BCUT2D eigenvalue weighted by Gasteiger charge is -2.14. The van der Waals surface area contributed by atoms with Crippen LogP contribution in [0.4, 0.5) is 5.95 Å². The highest BCUT2D eigenvalue weighted by molar-refractivity contribution is 5.26. The molecule has 15 heavy (non-hydrogen) atoms. The fourth-order valence-corrected chi connectivity index (χ4v) is 1.17.